The molecule has 0 radical (unpaired) electrons. The smallest absolute Gasteiger partial charge is 0.127 e. The second kappa shape index (κ2) is 4.75. The zero-order valence-electron chi connectivity index (χ0n) is 11.6. The average Bonchev–Trinajstić information content (AvgIpc) is 2.44. The van der Waals surface area contributed by atoms with E-state index in [2.05, 4.69) is 13.8 Å². The van der Waals surface area contributed by atoms with E-state index in [1.54, 1.807) is 24.3 Å². The lowest BCUT2D eigenvalue weighted by Crippen LogP contribution is -2.26. The molecular formula is C17H18O3. The van der Waals surface area contributed by atoms with E-state index < -0.39 is 0 Å². The number of fused-ring (bicyclic) bond motifs is 1. The molecule has 0 saturated heterocycles. The minimum absolute atomic E-state index is 0.0392. The molecule has 0 fully saturated rings. The summed E-state index contributed by atoms with van der Waals surface area (Å²) < 4.78 is 6.10. The molecule has 1 aliphatic rings. The average molecular weight is 270 g/mol. The zero-order valence-corrected chi connectivity index (χ0v) is 11.6. The Kier molecular flexibility index (Phi) is 3.05. The number of hydrogen-bond acceptors (Lipinski definition) is 3. The summed E-state index contributed by atoms with van der Waals surface area (Å²) in [4.78, 5) is 0. The van der Waals surface area contributed by atoms with Crippen molar-refractivity contribution in [2.45, 2.75) is 25.9 Å². The second-order valence-electron chi connectivity index (χ2n) is 5.50. The van der Waals surface area contributed by atoms with Crippen LogP contribution in [0.5, 0.6) is 17.2 Å². The van der Waals surface area contributed by atoms with Gasteiger partial charge in [-0.05, 0) is 41.8 Å². The molecule has 2 aromatic carbocycles. The fraction of sp³-hybridized carbons (Fsp3) is 0.294. The van der Waals surface area contributed by atoms with E-state index in [4.69, 9.17) is 4.74 Å². The molecule has 0 spiro atoms. The van der Waals surface area contributed by atoms with Gasteiger partial charge in [-0.15, -0.1) is 0 Å². The summed E-state index contributed by atoms with van der Waals surface area (Å²) in [6.07, 6.45) is -0.0392. The molecule has 1 heterocycles. The van der Waals surface area contributed by atoms with Gasteiger partial charge in [0, 0.05) is 11.5 Å². The monoisotopic (exact) mass is 270 g/mol. The van der Waals surface area contributed by atoms with E-state index >= 15 is 0 Å². The Morgan fingerprint density at radius 2 is 1.55 bits per heavy atom. The third kappa shape index (κ3) is 2.09. The van der Waals surface area contributed by atoms with Crippen molar-refractivity contribution in [2.75, 3.05) is 0 Å². The molecule has 0 aliphatic carbocycles. The molecule has 3 rings (SSSR count). The Hall–Kier alpha value is -2.16. The minimum atomic E-state index is -0.0392. The zero-order chi connectivity index (χ0) is 14.3. The van der Waals surface area contributed by atoms with E-state index in [0.717, 1.165) is 16.9 Å². The molecule has 2 aromatic rings. The molecule has 0 amide bonds. The first-order valence-corrected chi connectivity index (χ1v) is 6.85. The van der Waals surface area contributed by atoms with Crippen LogP contribution in [0.2, 0.25) is 0 Å². The Balaban J connectivity index is 1.99. The SMILES string of the molecule is C[C@@H]1C(c2ccc(O)cc2)Oc2ccc(O)cc2[C@@H]1C. The van der Waals surface area contributed by atoms with Gasteiger partial charge in [0.1, 0.15) is 23.4 Å². The normalized spacial score (nSPS) is 24.8. The fourth-order valence-corrected chi connectivity index (χ4v) is 2.82. The van der Waals surface area contributed by atoms with E-state index in [-0.39, 0.29) is 23.5 Å². The lowest BCUT2D eigenvalue weighted by atomic mass is 9.80. The lowest BCUT2D eigenvalue weighted by Gasteiger charge is -2.36. The third-order valence-electron chi connectivity index (χ3n) is 4.23. The number of hydrogen-bond donors (Lipinski definition) is 2. The summed E-state index contributed by atoms with van der Waals surface area (Å²) in [6.45, 7) is 4.30. The first kappa shape index (κ1) is 12.9. The summed E-state index contributed by atoms with van der Waals surface area (Å²) in [5, 5.41) is 19.0. The predicted molar refractivity (Wildman–Crippen MR) is 77.2 cm³/mol. The molecule has 3 nitrogen and oxygen atoms in total. The van der Waals surface area contributed by atoms with Crippen LogP contribution in [-0.4, -0.2) is 10.2 Å². The molecule has 3 heteroatoms. The number of phenols is 2. The molecule has 0 aromatic heterocycles. The molecule has 1 unspecified atom stereocenters. The van der Waals surface area contributed by atoms with E-state index in [9.17, 15) is 10.2 Å². The van der Waals surface area contributed by atoms with Crippen LogP contribution < -0.4 is 4.74 Å². The largest absolute Gasteiger partial charge is 0.508 e. The topological polar surface area (TPSA) is 49.7 Å². The van der Waals surface area contributed by atoms with Crippen molar-refractivity contribution in [2.24, 2.45) is 5.92 Å². The molecule has 1 aliphatic heterocycles. The molecular weight excluding hydrogens is 252 g/mol. The number of phenolic OH excluding ortho intramolecular Hbond substituents is 2. The Morgan fingerprint density at radius 1 is 0.900 bits per heavy atom. The van der Waals surface area contributed by atoms with Gasteiger partial charge in [-0.2, -0.15) is 0 Å². The highest BCUT2D eigenvalue weighted by molar-refractivity contribution is 5.44. The highest BCUT2D eigenvalue weighted by Crippen LogP contribution is 2.46. The highest BCUT2D eigenvalue weighted by Gasteiger charge is 2.33. The van der Waals surface area contributed by atoms with Gasteiger partial charge >= 0.3 is 0 Å². The van der Waals surface area contributed by atoms with Crippen LogP contribution in [0.1, 0.15) is 37.0 Å². The van der Waals surface area contributed by atoms with Crippen molar-refractivity contribution < 1.29 is 14.9 Å². The maximum absolute atomic E-state index is 9.62. The molecule has 0 bridgehead atoms. The summed E-state index contributed by atoms with van der Waals surface area (Å²) in [7, 11) is 0. The van der Waals surface area contributed by atoms with Crippen molar-refractivity contribution in [3.8, 4) is 17.2 Å². The molecule has 104 valence electrons. The number of ether oxygens (including phenoxy) is 1. The standard InChI is InChI=1S/C17H18O3/c1-10-11(2)17(12-3-5-13(18)6-4-12)20-16-8-7-14(19)9-15(10)16/h3-11,17-19H,1-2H3/t10-,11+,17?/m1/s1. The molecule has 3 atom stereocenters. The van der Waals surface area contributed by atoms with Gasteiger partial charge in [0.05, 0.1) is 0 Å². The highest BCUT2D eigenvalue weighted by atomic mass is 16.5. The van der Waals surface area contributed by atoms with E-state index in [0.29, 0.717) is 5.92 Å². The van der Waals surface area contributed by atoms with E-state index in [1.165, 1.54) is 0 Å². The first-order chi connectivity index (χ1) is 9.56. The lowest BCUT2D eigenvalue weighted by molar-refractivity contribution is 0.106. The van der Waals surface area contributed by atoms with Crippen LogP contribution >= 0.6 is 0 Å². The fourth-order valence-electron chi connectivity index (χ4n) is 2.82. The Labute approximate surface area is 118 Å². The van der Waals surface area contributed by atoms with Gasteiger partial charge in [-0.3, -0.25) is 0 Å². The van der Waals surface area contributed by atoms with Gasteiger partial charge in [-0.1, -0.05) is 26.0 Å². The number of benzene rings is 2. The van der Waals surface area contributed by atoms with Crippen LogP contribution in [0.15, 0.2) is 42.5 Å². The Bertz CT molecular complexity index is 619. The van der Waals surface area contributed by atoms with Crippen molar-refractivity contribution in [3.63, 3.8) is 0 Å². The number of aromatic hydroxyl groups is 2. The quantitative estimate of drug-likeness (QED) is 0.824. The van der Waals surface area contributed by atoms with Crippen LogP contribution in [-0.2, 0) is 0 Å². The second-order valence-corrected chi connectivity index (χ2v) is 5.50. The summed E-state index contributed by atoms with van der Waals surface area (Å²) >= 11 is 0. The van der Waals surface area contributed by atoms with Gasteiger partial charge in [0.2, 0.25) is 0 Å². The summed E-state index contributed by atoms with van der Waals surface area (Å²) in [5.41, 5.74) is 2.11. The van der Waals surface area contributed by atoms with Crippen molar-refractivity contribution >= 4 is 0 Å². The van der Waals surface area contributed by atoms with Crippen LogP contribution in [0.4, 0.5) is 0 Å². The molecule has 0 saturated carbocycles. The summed E-state index contributed by atoms with van der Waals surface area (Å²) in [6, 6.07) is 12.4. The predicted octanol–water partition coefficient (Wildman–Crippen LogP) is 3.97. The number of rotatable bonds is 1. The van der Waals surface area contributed by atoms with Crippen molar-refractivity contribution in [3.05, 3.63) is 53.6 Å². The molecule has 20 heavy (non-hydrogen) atoms. The van der Waals surface area contributed by atoms with Crippen molar-refractivity contribution in [1.82, 2.24) is 0 Å². The third-order valence-corrected chi connectivity index (χ3v) is 4.23. The van der Waals surface area contributed by atoms with Gasteiger partial charge in [0.25, 0.3) is 0 Å². The van der Waals surface area contributed by atoms with Crippen LogP contribution in [0.25, 0.3) is 0 Å². The maximum Gasteiger partial charge on any atom is 0.127 e. The van der Waals surface area contributed by atoms with Gasteiger partial charge < -0.3 is 14.9 Å². The minimum Gasteiger partial charge on any atom is -0.508 e. The van der Waals surface area contributed by atoms with Crippen molar-refractivity contribution in [1.29, 1.82) is 0 Å². The van der Waals surface area contributed by atoms with Crippen LogP contribution in [0, 0.1) is 5.92 Å². The first-order valence-electron chi connectivity index (χ1n) is 6.85. The maximum atomic E-state index is 9.62. The Morgan fingerprint density at radius 3 is 2.25 bits per heavy atom. The van der Waals surface area contributed by atoms with Gasteiger partial charge in [-0.25, -0.2) is 0 Å². The van der Waals surface area contributed by atoms with Crippen LogP contribution in [0.3, 0.4) is 0 Å². The van der Waals surface area contributed by atoms with E-state index in [1.807, 2.05) is 18.2 Å². The summed E-state index contributed by atoms with van der Waals surface area (Å²) in [5.74, 6) is 1.94. The van der Waals surface area contributed by atoms with Gasteiger partial charge in [0.15, 0.2) is 0 Å². The molecule has 2 N–H and O–H groups in total.